The van der Waals surface area contributed by atoms with Crippen LogP contribution < -0.4 is 0 Å². The molecule has 0 atom stereocenters. The molecule has 0 spiro atoms. The van der Waals surface area contributed by atoms with E-state index in [0.717, 1.165) is 22.5 Å². The molecule has 2 aromatic rings. The number of thiophene rings is 1. The van der Waals surface area contributed by atoms with Crippen LogP contribution in [0, 0.1) is 0 Å². The maximum atomic E-state index is 9.75. The number of aromatic hydroxyl groups is 1. The lowest BCUT2D eigenvalue weighted by molar-refractivity contribution is 0.490. The summed E-state index contributed by atoms with van der Waals surface area (Å²) in [5, 5.41) is 10.1. The molecule has 0 aliphatic rings. The molecule has 0 saturated heterocycles. The Morgan fingerprint density at radius 2 is 2.06 bits per heavy atom. The molecule has 1 N–H and O–H groups in total. The van der Waals surface area contributed by atoms with Gasteiger partial charge in [0.15, 0.2) is 5.06 Å². The Balaban J connectivity index is 2.35. The molecule has 0 fully saturated rings. The average molecular weight is 231 g/mol. The largest absolute Gasteiger partial charge is 0.499 e. The minimum Gasteiger partial charge on any atom is -0.499 e. The quantitative estimate of drug-likeness (QED) is 0.805. The summed E-state index contributed by atoms with van der Waals surface area (Å²) in [5.41, 5.74) is 1.92. The molecule has 0 amide bonds. The molecule has 0 saturated carbocycles. The second-order valence-electron chi connectivity index (χ2n) is 3.37. The maximum Gasteiger partial charge on any atom is 0.180 e. The average Bonchev–Trinajstić information content (AvgIpc) is 2.69. The molecule has 0 unspecified atom stereocenters. The van der Waals surface area contributed by atoms with Gasteiger partial charge in [0.25, 0.3) is 0 Å². The van der Waals surface area contributed by atoms with Gasteiger partial charge in [0.2, 0.25) is 0 Å². The van der Waals surface area contributed by atoms with Crippen LogP contribution in [0.5, 0.6) is 5.06 Å². The molecule has 3 heteroatoms. The predicted octanol–water partition coefficient (Wildman–Crippen LogP) is 3.56. The summed E-state index contributed by atoms with van der Waals surface area (Å²) in [7, 11) is 0. The summed E-state index contributed by atoms with van der Waals surface area (Å²) in [6, 6.07) is 12.0. The molecule has 0 aliphatic heterocycles. The van der Waals surface area contributed by atoms with Crippen LogP contribution in [-0.4, -0.2) is 17.9 Å². The fourth-order valence-corrected chi connectivity index (χ4v) is 2.30. The standard InChI is InChI=1S/C13H13NOS/c1-2-14-9-11-8-12(16-13(11)15)10-6-4-3-5-7-10/h3-9,15H,2H2,1H3. The number of aliphatic imine (C=N–C) groups is 1. The van der Waals surface area contributed by atoms with Gasteiger partial charge < -0.3 is 5.11 Å². The van der Waals surface area contributed by atoms with Crippen molar-refractivity contribution >= 4 is 17.6 Å². The van der Waals surface area contributed by atoms with Crippen molar-refractivity contribution in [2.24, 2.45) is 4.99 Å². The zero-order valence-corrected chi connectivity index (χ0v) is 9.87. The molecule has 82 valence electrons. The van der Waals surface area contributed by atoms with Crippen LogP contribution in [0.25, 0.3) is 10.4 Å². The Labute approximate surface area is 98.9 Å². The van der Waals surface area contributed by atoms with E-state index in [2.05, 4.69) is 4.99 Å². The third-order valence-electron chi connectivity index (χ3n) is 2.21. The number of benzene rings is 1. The van der Waals surface area contributed by atoms with E-state index in [-0.39, 0.29) is 0 Å². The Kier molecular flexibility index (Phi) is 3.37. The third kappa shape index (κ3) is 2.31. The first-order valence-electron chi connectivity index (χ1n) is 5.19. The van der Waals surface area contributed by atoms with E-state index >= 15 is 0 Å². The molecule has 1 heterocycles. The lowest BCUT2D eigenvalue weighted by Crippen LogP contribution is -1.77. The van der Waals surface area contributed by atoms with Crippen molar-refractivity contribution in [2.45, 2.75) is 6.92 Å². The van der Waals surface area contributed by atoms with E-state index in [9.17, 15) is 5.11 Å². The monoisotopic (exact) mass is 231 g/mol. The van der Waals surface area contributed by atoms with Gasteiger partial charge in [0.05, 0.1) is 0 Å². The van der Waals surface area contributed by atoms with Crippen LogP contribution >= 0.6 is 11.3 Å². The van der Waals surface area contributed by atoms with Crippen molar-refractivity contribution in [2.75, 3.05) is 6.54 Å². The first-order chi connectivity index (χ1) is 7.81. The molecule has 0 radical (unpaired) electrons. The predicted molar refractivity (Wildman–Crippen MR) is 69.6 cm³/mol. The van der Waals surface area contributed by atoms with Gasteiger partial charge in [-0.15, -0.1) is 0 Å². The SMILES string of the molecule is CCN=Cc1cc(-c2ccccc2)sc1O. The Morgan fingerprint density at radius 1 is 1.31 bits per heavy atom. The van der Waals surface area contributed by atoms with Gasteiger partial charge in [0.1, 0.15) is 0 Å². The highest BCUT2D eigenvalue weighted by Gasteiger charge is 2.07. The molecule has 16 heavy (non-hydrogen) atoms. The number of nitrogens with zero attached hydrogens (tertiary/aromatic N) is 1. The van der Waals surface area contributed by atoms with Gasteiger partial charge in [-0.25, -0.2) is 0 Å². The number of hydrogen-bond acceptors (Lipinski definition) is 3. The fraction of sp³-hybridized carbons (Fsp3) is 0.154. The van der Waals surface area contributed by atoms with Gasteiger partial charge >= 0.3 is 0 Å². The topological polar surface area (TPSA) is 32.6 Å². The molecule has 2 rings (SSSR count). The number of rotatable bonds is 3. The summed E-state index contributed by atoms with van der Waals surface area (Å²) in [5.74, 6) is 0. The van der Waals surface area contributed by atoms with E-state index in [1.54, 1.807) is 6.21 Å². The summed E-state index contributed by atoms with van der Waals surface area (Å²) in [6.07, 6.45) is 1.72. The van der Waals surface area contributed by atoms with Gasteiger partial charge in [-0.3, -0.25) is 4.99 Å². The van der Waals surface area contributed by atoms with Crippen molar-refractivity contribution < 1.29 is 5.11 Å². The lowest BCUT2D eigenvalue weighted by atomic mass is 10.2. The zero-order valence-electron chi connectivity index (χ0n) is 9.05. The Hall–Kier alpha value is -1.61. The van der Waals surface area contributed by atoms with Crippen LogP contribution in [-0.2, 0) is 0 Å². The second kappa shape index (κ2) is 4.94. The van der Waals surface area contributed by atoms with E-state index in [0.29, 0.717) is 5.06 Å². The van der Waals surface area contributed by atoms with Crippen molar-refractivity contribution in [3.05, 3.63) is 42.0 Å². The Bertz CT molecular complexity index is 488. The van der Waals surface area contributed by atoms with Crippen molar-refractivity contribution in [1.29, 1.82) is 0 Å². The molecular formula is C13H13NOS. The van der Waals surface area contributed by atoms with E-state index in [4.69, 9.17) is 0 Å². The highest BCUT2D eigenvalue weighted by Crippen LogP contribution is 2.35. The summed E-state index contributed by atoms with van der Waals surface area (Å²) in [6.45, 7) is 2.70. The molecule has 0 bridgehead atoms. The van der Waals surface area contributed by atoms with Gasteiger partial charge in [-0.2, -0.15) is 0 Å². The molecular weight excluding hydrogens is 218 g/mol. The molecule has 2 nitrogen and oxygen atoms in total. The fourth-order valence-electron chi connectivity index (χ4n) is 1.42. The van der Waals surface area contributed by atoms with Crippen molar-refractivity contribution in [3.63, 3.8) is 0 Å². The van der Waals surface area contributed by atoms with E-state index < -0.39 is 0 Å². The number of hydrogen-bond donors (Lipinski definition) is 1. The van der Waals surface area contributed by atoms with E-state index in [1.807, 2.05) is 43.3 Å². The minimum atomic E-state index is 0.330. The summed E-state index contributed by atoms with van der Waals surface area (Å²) in [4.78, 5) is 5.20. The summed E-state index contributed by atoms with van der Waals surface area (Å²) < 4.78 is 0. The van der Waals surface area contributed by atoms with Crippen LogP contribution in [0.15, 0.2) is 41.4 Å². The molecule has 0 aliphatic carbocycles. The van der Waals surface area contributed by atoms with Crippen LogP contribution in [0.4, 0.5) is 0 Å². The van der Waals surface area contributed by atoms with Gasteiger partial charge in [0, 0.05) is 23.2 Å². The smallest absolute Gasteiger partial charge is 0.180 e. The first kappa shape index (κ1) is 10.9. The normalized spacial score (nSPS) is 11.1. The molecule has 1 aromatic heterocycles. The first-order valence-corrected chi connectivity index (χ1v) is 6.01. The lowest BCUT2D eigenvalue weighted by Gasteiger charge is -1.93. The van der Waals surface area contributed by atoms with E-state index in [1.165, 1.54) is 11.3 Å². The summed E-state index contributed by atoms with van der Waals surface area (Å²) >= 11 is 1.38. The van der Waals surface area contributed by atoms with Crippen LogP contribution in [0.3, 0.4) is 0 Å². The maximum absolute atomic E-state index is 9.75. The zero-order chi connectivity index (χ0) is 11.4. The van der Waals surface area contributed by atoms with Crippen molar-refractivity contribution in [1.82, 2.24) is 0 Å². The highest BCUT2D eigenvalue weighted by atomic mass is 32.1. The van der Waals surface area contributed by atoms with Crippen LogP contribution in [0.2, 0.25) is 0 Å². The van der Waals surface area contributed by atoms with Gasteiger partial charge in [-0.1, -0.05) is 41.7 Å². The highest BCUT2D eigenvalue weighted by molar-refractivity contribution is 7.17. The molecule has 1 aromatic carbocycles. The van der Waals surface area contributed by atoms with Crippen LogP contribution in [0.1, 0.15) is 12.5 Å². The third-order valence-corrected chi connectivity index (χ3v) is 3.21. The van der Waals surface area contributed by atoms with Crippen molar-refractivity contribution in [3.8, 4) is 15.5 Å². The Morgan fingerprint density at radius 3 is 2.75 bits per heavy atom. The van der Waals surface area contributed by atoms with Gasteiger partial charge in [-0.05, 0) is 18.6 Å². The minimum absolute atomic E-state index is 0.330. The second-order valence-corrected chi connectivity index (χ2v) is 4.40.